The van der Waals surface area contributed by atoms with Gasteiger partial charge < -0.3 is 4.42 Å². The molecule has 0 saturated carbocycles. The van der Waals surface area contributed by atoms with Crippen LogP contribution in [-0.4, -0.2) is 0 Å². The van der Waals surface area contributed by atoms with E-state index in [1.54, 1.807) is 12.5 Å². The Labute approximate surface area is 76.4 Å². The number of hydrogen-bond acceptors (Lipinski definition) is 1. The Kier molecular flexibility index (Phi) is 3.22. The molecule has 0 amide bonds. The molecule has 1 aromatic rings. The van der Waals surface area contributed by atoms with Crippen molar-refractivity contribution in [3.8, 4) is 0 Å². The van der Waals surface area contributed by atoms with E-state index in [1.807, 2.05) is 12.1 Å². The van der Waals surface area contributed by atoms with Gasteiger partial charge in [0.15, 0.2) is 0 Å². The lowest BCUT2D eigenvalue weighted by atomic mass is 10.2. The number of rotatable bonds is 2. The minimum Gasteiger partial charge on any atom is -0.472 e. The van der Waals surface area contributed by atoms with Gasteiger partial charge in [0, 0.05) is 0 Å². The van der Waals surface area contributed by atoms with Crippen molar-refractivity contribution in [3.63, 3.8) is 0 Å². The minimum atomic E-state index is 0.891. The summed E-state index contributed by atoms with van der Waals surface area (Å²) in [6, 6.07) is 1.94. The Bertz CT molecular complexity index is 210. The van der Waals surface area contributed by atoms with E-state index in [0.29, 0.717) is 0 Å². The molecule has 1 aromatic heterocycles. The fraction of sp³-hybridized carbons (Fsp3) is 0.143. The number of allylic oxidation sites excluding steroid dienone is 1. The predicted octanol–water partition coefficient (Wildman–Crippen LogP) is 3.45. The highest BCUT2D eigenvalue weighted by atomic mass is 79.9. The molecule has 1 nitrogen and oxygen atoms in total. The molecule has 1 rings (SSSR count). The number of furan rings is 1. The van der Waals surface area contributed by atoms with Crippen LogP contribution in [0.4, 0.5) is 0 Å². The molecule has 0 aliphatic carbocycles. The molecule has 0 aliphatic heterocycles. The summed E-state index contributed by atoms with van der Waals surface area (Å²) in [6.07, 6.45) is 6.32. The average Bonchev–Trinajstić information content (AvgIpc) is 2.34. The van der Waals surface area contributed by atoms with E-state index >= 15 is 0 Å². The van der Waals surface area contributed by atoms with E-state index in [4.69, 9.17) is 4.42 Å². The van der Waals surface area contributed by atoms with Crippen LogP contribution in [0.15, 0.2) is 32.5 Å². The van der Waals surface area contributed by atoms with Crippen LogP contribution in [-0.2, 0) is 6.42 Å². The van der Waals surface area contributed by atoms with E-state index in [9.17, 15) is 0 Å². The third-order valence-corrected chi connectivity index (χ3v) is 1.72. The van der Waals surface area contributed by atoms with Crippen molar-refractivity contribution in [2.24, 2.45) is 0 Å². The van der Waals surface area contributed by atoms with Crippen molar-refractivity contribution in [1.82, 2.24) is 0 Å². The molecule has 0 aromatic carbocycles. The first-order valence-electron chi connectivity index (χ1n) is 2.81. The predicted molar refractivity (Wildman–Crippen MR) is 48.3 cm³/mol. The average molecular weight is 266 g/mol. The van der Waals surface area contributed by atoms with Gasteiger partial charge in [0.25, 0.3) is 0 Å². The summed E-state index contributed by atoms with van der Waals surface area (Å²) in [6.45, 7) is 0. The van der Waals surface area contributed by atoms with Gasteiger partial charge in [-0.05, 0) is 49.9 Å². The van der Waals surface area contributed by atoms with Gasteiger partial charge >= 0.3 is 0 Å². The summed E-state index contributed by atoms with van der Waals surface area (Å²) in [4.78, 5) is 0. The monoisotopic (exact) mass is 264 g/mol. The lowest BCUT2D eigenvalue weighted by molar-refractivity contribution is 0.565. The first-order valence-corrected chi connectivity index (χ1v) is 4.40. The fourth-order valence-corrected chi connectivity index (χ4v) is 0.928. The molecule has 0 radical (unpaired) electrons. The van der Waals surface area contributed by atoms with E-state index < -0.39 is 0 Å². The summed E-state index contributed by atoms with van der Waals surface area (Å²) in [5, 5.41) is 0. The SMILES string of the molecule is BrC(Br)=CCc1ccoc1. The molecule has 0 N–H and O–H groups in total. The maximum atomic E-state index is 4.89. The van der Waals surface area contributed by atoms with Gasteiger partial charge in [-0.1, -0.05) is 6.08 Å². The zero-order valence-corrected chi connectivity index (χ0v) is 8.35. The van der Waals surface area contributed by atoms with Crippen LogP contribution in [0.3, 0.4) is 0 Å². The maximum absolute atomic E-state index is 4.89. The standard InChI is InChI=1S/C7H6Br2O/c8-7(9)2-1-6-3-4-10-5-6/h2-5H,1H2. The van der Waals surface area contributed by atoms with Gasteiger partial charge in [-0.3, -0.25) is 0 Å². The molecule has 0 bridgehead atoms. The van der Waals surface area contributed by atoms with Crippen LogP contribution >= 0.6 is 31.9 Å². The smallest absolute Gasteiger partial charge is 0.0937 e. The van der Waals surface area contributed by atoms with Gasteiger partial charge in [-0.15, -0.1) is 0 Å². The molecule has 54 valence electrons. The van der Waals surface area contributed by atoms with Crippen LogP contribution in [0.25, 0.3) is 0 Å². The Hall–Kier alpha value is -0.0200. The van der Waals surface area contributed by atoms with E-state index in [1.165, 1.54) is 5.56 Å². The molecule has 0 saturated heterocycles. The summed E-state index contributed by atoms with van der Waals surface area (Å²) in [7, 11) is 0. The van der Waals surface area contributed by atoms with Crippen molar-refractivity contribution in [2.75, 3.05) is 0 Å². The fourth-order valence-electron chi connectivity index (χ4n) is 0.604. The zero-order valence-electron chi connectivity index (χ0n) is 5.18. The molecule has 0 fully saturated rings. The molecule has 0 spiro atoms. The molecule has 10 heavy (non-hydrogen) atoms. The highest BCUT2D eigenvalue weighted by Crippen LogP contribution is 2.14. The first-order chi connectivity index (χ1) is 4.79. The molecule has 3 heteroatoms. The third kappa shape index (κ3) is 2.71. The van der Waals surface area contributed by atoms with Crippen LogP contribution in [0, 0.1) is 0 Å². The number of hydrogen-bond donors (Lipinski definition) is 0. The molecular formula is C7H6Br2O. The van der Waals surface area contributed by atoms with Crippen molar-refractivity contribution in [2.45, 2.75) is 6.42 Å². The van der Waals surface area contributed by atoms with Gasteiger partial charge in [-0.25, -0.2) is 0 Å². The second-order valence-corrected chi connectivity index (χ2v) is 4.60. The highest BCUT2D eigenvalue weighted by Gasteiger charge is 1.89. The van der Waals surface area contributed by atoms with E-state index in [-0.39, 0.29) is 0 Å². The molecular weight excluding hydrogens is 260 g/mol. The molecule has 0 aliphatic rings. The van der Waals surface area contributed by atoms with E-state index in [0.717, 1.165) is 9.81 Å². The van der Waals surface area contributed by atoms with Crippen LogP contribution in [0.1, 0.15) is 5.56 Å². The summed E-state index contributed by atoms with van der Waals surface area (Å²) >= 11 is 6.53. The third-order valence-electron chi connectivity index (χ3n) is 1.07. The van der Waals surface area contributed by atoms with Crippen LogP contribution in [0.5, 0.6) is 0 Å². The minimum absolute atomic E-state index is 0.891. The van der Waals surface area contributed by atoms with Gasteiger partial charge in [-0.2, -0.15) is 0 Å². The second-order valence-electron chi connectivity index (χ2n) is 1.83. The second kappa shape index (κ2) is 3.98. The van der Waals surface area contributed by atoms with Crippen molar-refractivity contribution >= 4 is 31.9 Å². The first kappa shape index (κ1) is 8.08. The van der Waals surface area contributed by atoms with Crippen molar-refractivity contribution in [3.05, 3.63) is 33.6 Å². The quantitative estimate of drug-likeness (QED) is 0.798. The maximum Gasteiger partial charge on any atom is 0.0937 e. The van der Waals surface area contributed by atoms with Crippen molar-refractivity contribution in [1.29, 1.82) is 0 Å². The summed E-state index contributed by atoms with van der Waals surface area (Å²) in [5.74, 6) is 0. The lowest BCUT2D eigenvalue weighted by Gasteiger charge is -1.85. The molecule has 0 unspecified atom stereocenters. The topological polar surface area (TPSA) is 13.1 Å². The Balaban J connectivity index is 2.49. The summed E-state index contributed by atoms with van der Waals surface area (Å²) in [5.41, 5.74) is 1.18. The Morgan fingerprint density at radius 2 is 2.40 bits per heavy atom. The number of halogens is 2. The normalized spacial score (nSPS) is 9.40. The highest BCUT2D eigenvalue weighted by molar-refractivity contribution is 9.28. The van der Waals surface area contributed by atoms with Gasteiger partial charge in [0.2, 0.25) is 0 Å². The Morgan fingerprint density at radius 3 is 2.90 bits per heavy atom. The molecule has 0 atom stereocenters. The zero-order chi connectivity index (χ0) is 7.40. The van der Waals surface area contributed by atoms with E-state index in [2.05, 4.69) is 31.9 Å². The lowest BCUT2D eigenvalue weighted by Crippen LogP contribution is -1.72. The van der Waals surface area contributed by atoms with Crippen LogP contribution in [0.2, 0.25) is 0 Å². The van der Waals surface area contributed by atoms with Crippen LogP contribution < -0.4 is 0 Å². The summed E-state index contributed by atoms with van der Waals surface area (Å²) < 4.78 is 5.86. The van der Waals surface area contributed by atoms with Crippen molar-refractivity contribution < 1.29 is 4.42 Å². The van der Waals surface area contributed by atoms with Gasteiger partial charge in [0.05, 0.1) is 15.9 Å². The van der Waals surface area contributed by atoms with Gasteiger partial charge in [0.1, 0.15) is 0 Å². The largest absolute Gasteiger partial charge is 0.472 e. The molecule has 1 heterocycles. The Morgan fingerprint density at radius 1 is 1.60 bits per heavy atom.